The third-order valence-corrected chi connectivity index (χ3v) is 4.53. The number of carboxylic acids is 1. The van der Waals surface area contributed by atoms with Crippen molar-refractivity contribution in [2.24, 2.45) is 17.4 Å². The average Bonchev–Trinajstić information content (AvgIpc) is 2.73. The van der Waals surface area contributed by atoms with Gasteiger partial charge in [-0.1, -0.05) is 30.3 Å². The Morgan fingerprint density at radius 1 is 1.10 bits per heavy atom. The number of nitrogens with two attached hydrogens (primary N) is 2. The molecule has 0 radical (unpaired) electrons. The molecule has 0 fully saturated rings. The van der Waals surface area contributed by atoms with Crippen molar-refractivity contribution in [3.8, 4) is 0 Å². The number of ketones is 1. The fourth-order valence-electron chi connectivity index (χ4n) is 2.75. The second kappa shape index (κ2) is 13.4. The van der Waals surface area contributed by atoms with Crippen LogP contribution in [0.1, 0.15) is 24.8 Å². The third-order valence-electron chi connectivity index (χ3n) is 4.53. The Labute approximate surface area is 178 Å². The SMILES string of the molecule is NCCC[C@H](N)C(=O)NCC(=O)C(CC(=O)N[C@@H](Cc1ccccc1)C(=O)O)C(F)F. The number of Topliss-reactive ketones (excluding diaryl/α,β-unsaturated/α-hetero) is 1. The Morgan fingerprint density at radius 2 is 1.74 bits per heavy atom. The Balaban J connectivity index is 2.65. The quantitative estimate of drug-likeness (QED) is 0.267. The van der Waals surface area contributed by atoms with Crippen LogP contribution in [0.2, 0.25) is 0 Å². The predicted octanol–water partition coefficient (Wildman–Crippen LogP) is -0.179. The lowest BCUT2D eigenvalue weighted by Gasteiger charge is -2.19. The van der Waals surface area contributed by atoms with E-state index < -0.39 is 61.0 Å². The van der Waals surface area contributed by atoms with Crippen LogP contribution in [0.25, 0.3) is 0 Å². The molecule has 0 aliphatic rings. The first kappa shape index (κ1) is 26.1. The molecule has 0 aliphatic carbocycles. The average molecular weight is 442 g/mol. The lowest BCUT2D eigenvalue weighted by Crippen LogP contribution is -2.46. The van der Waals surface area contributed by atoms with Gasteiger partial charge >= 0.3 is 5.97 Å². The van der Waals surface area contributed by atoms with Gasteiger partial charge in [0.25, 0.3) is 0 Å². The van der Waals surface area contributed by atoms with Crippen LogP contribution in [0.5, 0.6) is 0 Å². The van der Waals surface area contributed by atoms with Gasteiger partial charge in [-0.25, -0.2) is 13.6 Å². The van der Waals surface area contributed by atoms with Gasteiger partial charge in [-0.2, -0.15) is 0 Å². The molecule has 9 nitrogen and oxygen atoms in total. The number of carbonyl (C=O) groups is 4. The summed E-state index contributed by atoms with van der Waals surface area (Å²) in [5.74, 6) is -6.08. The standard InChI is InChI=1S/C20H28F2N4O5/c21-18(22)13(16(27)11-25-19(29)14(24)7-4-8-23)10-17(28)26-15(20(30)31)9-12-5-2-1-3-6-12/h1-3,5-6,13-15,18H,4,7-11,23-24H2,(H,25,29)(H,26,28)(H,30,31)/t13?,14-,15-/m0/s1. The number of halogens is 2. The summed E-state index contributed by atoms with van der Waals surface area (Å²) in [4.78, 5) is 47.5. The van der Waals surface area contributed by atoms with E-state index in [0.717, 1.165) is 0 Å². The number of nitrogens with one attached hydrogen (secondary N) is 2. The van der Waals surface area contributed by atoms with Crippen molar-refractivity contribution in [1.82, 2.24) is 10.6 Å². The van der Waals surface area contributed by atoms with E-state index in [1.165, 1.54) is 0 Å². The van der Waals surface area contributed by atoms with Crippen molar-refractivity contribution < 1.29 is 33.1 Å². The van der Waals surface area contributed by atoms with Crippen LogP contribution in [0.15, 0.2) is 30.3 Å². The van der Waals surface area contributed by atoms with Crippen molar-refractivity contribution in [1.29, 1.82) is 0 Å². The summed E-state index contributed by atoms with van der Waals surface area (Å²) in [6.45, 7) is -0.395. The van der Waals surface area contributed by atoms with Gasteiger partial charge in [0.2, 0.25) is 18.2 Å². The van der Waals surface area contributed by atoms with Gasteiger partial charge in [0.15, 0.2) is 5.78 Å². The minimum absolute atomic E-state index is 0.0497. The van der Waals surface area contributed by atoms with Gasteiger partial charge in [-0.3, -0.25) is 14.4 Å². The molecule has 172 valence electrons. The maximum absolute atomic E-state index is 13.3. The molecule has 1 rings (SSSR count). The van der Waals surface area contributed by atoms with Gasteiger partial charge in [0.1, 0.15) is 6.04 Å². The summed E-state index contributed by atoms with van der Waals surface area (Å²) in [5, 5.41) is 13.6. The van der Waals surface area contributed by atoms with E-state index in [1.54, 1.807) is 30.3 Å². The molecule has 0 spiro atoms. The number of rotatable bonds is 14. The Hall–Kier alpha value is -2.92. The lowest BCUT2D eigenvalue weighted by molar-refractivity contribution is -0.142. The maximum Gasteiger partial charge on any atom is 0.326 e. The van der Waals surface area contributed by atoms with Gasteiger partial charge < -0.3 is 27.2 Å². The summed E-state index contributed by atoms with van der Waals surface area (Å²) in [6, 6.07) is 6.17. The molecule has 0 aliphatic heterocycles. The summed E-state index contributed by atoms with van der Waals surface area (Å²) in [7, 11) is 0. The topological polar surface area (TPSA) is 165 Å². The summed E-state index contributed by atoms with van der Waals surface area (Å²) < 4.78 is 26.7. The highest BCUT2D eigenvalue weighted by Crippen LogP contribution is 2.16. The fraction of sp³-hybridized carbons (Fsp3) is 0.500. The van der Waals surface area contributed by atoms with E-state index in [2.05, 4.69) is 10.6 Å². The van der Waals surface area contributed by atoms with Crippen LogP contribution in [0, 0.1) is 5.92 Å². The normalized spacial score (nSPS) is 13.8. The van der Waals surface area contributed by atoms with Gasteiger partial charge in [-0.05, 0) is 24.9 Å². The second-order valence-corrected chi connectivity index (χ2v) is 7.01. The van der Waals surface area contributed by atoms with Crippen molar-refractivity contribution in [2.75, 3.05) is 13.1 Å². The minimum atomic E-state index is -3.17. The first-order valence-electron chi connectivity index (χ1n) is 9.76. The molecule has 1 aromatic rings. The Kier molecular flexibility index (Phi) is 11.3. The molecule has 1 unspecified atom stereocenters. The van der Waals surface area contributed by atoms with Crippen LogP contribution in [-0.2, 0) is 25.6 Å². The van der Waals surface area contributed by atoms with Crippen LogP contribution in [0.3, 0.4) is 0 Å². The molecule has 0 saturated carbocycles. The number of aliphatic carboxylic acids is 1. The highest BCUT2D eigenvalue weighted by molar-refractivity contribution is 5.92. The number of hydrogen-bond donors (Lipinski definition) is 5. The number of benzene rings is 1. The molecule has 0 aromatic heterocycles. The molecular formula is C20H28F2N4O5. The molecule has 7 N–H and O–H groups in total. The molecule has 11 heteroatoms. The molecule has 31 heavy (non-hydrogen) atoms. The van der Waals surface area contributed by atoms with Crippen LogP contribution in [0.4, 0.5) is 8.78 Å². The van der Waals surface area contributed by atoms with E-state index in [-0.39, 0.29) is 12.8 Å². The fourth-order valence-corrected chi connectivity index (χ4v) is 2.75. The Morgan fingerprint density at radius 3 is 2.29 bits per heavy atom. The maximum atomic E-state index is 13.3. The van der Waals surface area contributed by atoms with Gasteiger partial charge in [0.05, 0.1) is 18.5 Å². The summed E-state index contributed by atoms with van der Waals surface area (Å²) in [6.07, 6.45) is -3.38. The first-order chi connectivity index (χ1) is 14.6. The van der Waals surface area contributed by atoms with Crippen molar-refractivity contribution >= 4 is 23.6 Å². The van der Waals surface area contributed by atoms with Gasteiger partial charge in [-0.15, -0.1) is 0 Å². The molecule has 3 atom stereocenters. The van der Waals surface area contributed by atoms with Gasteiger partial charge in [0, 0.05) is 12.8 Å². The van der Waals surface area contributed by atoms with Crippen molar-refractivity contribution in [2.45, 2.75) is 44.2 Å². The molecule has 0 bridgehead atoms. The van der Waals surface area contributed by atoms with E-state index >= 15 is 0 Å². The number of carboxylic acid groups (broad SMARTS) is 1. The van der Waals surface area contributed by atoms with Crippen LogP contribution < -0.4 is 22.1 Å². The number of alkyl halides is 2. The van der Waals surface area contributed by atoms with E-state index in [1.807, 2.05) is 0 Å². The number of amides is 2. The largest absolute Gasteiger partial charge is 0.480 e. The molecular weight excluding hydrogens is 414 g/mol. The zero-order valence-electron chi connectivity index (χ0n) is 16.9. The third kappa shape index (κ3) is 9.62. The summed E-state index contributed by atoms with van der Waals surface area (Å²) in [5.41, 5.74) is 11.6. The minimum Gasteiger partial charge on any atom is -0.480 e. The van der Waals surface area contributed by atoms with E-state index in [9.17, 15) is 33.1 Å². The molecule has 0 heterocycles. The second-order valence-electron chi connectivity index (χ2n) is 7.01. The lowest BCUT2D eigenvalue weighted by atomic mass is 9.99. The molecule has 0 saturated heterocycles. The molecule has 2 amide bonds. The number of carbonyl (C=O) groups excluding carboxylic acids is 3. The van der Waals surface area contributed by atoms with E-state index in [4.69, 9.17) is 11.5 Å². The first-order valence-corrected chi connectivity index (χ1v) is 9.76. The van der Waals surface area contributed by atoms with Crippen molar-refractivity contribution in [3.63, 3.8) is 0 Å². The monoisotopic (exact) mass is 442 g/mol. The smallest absolute Gasteiger partial charge is 0.326 e. The predicted molar refractivity (Wildman–Crippen MR) is 108 cm³/mol. The van der Waals surface area contributed by atoms with Crippen LogP contribution >= 0.6 is 0 Å². The zero-order chi connectivity index (χ0) is 23.4. The summed E-state index contributed by atoms with van der Waals surface area (Å²) >= 11 is 0. The van der Waals surface area contributed by atoms with Crippen LogP contribution in [-0.4, -0.2) is 60.3 Å². The molecule has 1 aromatic carbocycles. The number of hydrogen-bond acceptors (Lipinski definition) is 6. The van der Waals surface area contributed by atoms with E-state index in [0.29, 0.717) is 18.5 Å². The Bertz CT molecular complexity index is 748. The zero-order valence-corrected chi connectivity index (χ0v) is 16.9. The van der Waals surface area contributed by atoms with Crippen molar-refractivity contribution in [3.05, 3.63) is 35.9 Å². The highest BCUT2D eigenvalue weighted by Gasteiger charge is 2.32. The highest BCUT2D eigenvalue weighted by atomic mass is 19.3.